The van der Waals surface area contributed by atoms with Crippen LogP contribution in [0.25, 0.3) is 0 Å². The Bertz CT molecular complexity index is 1620. The summed E-state index contributed by atoms with van der Waals surface area (Å²) in [6.07, 6.45) is 1.51. The molecular formula is C40H52O5SSi2. The summed E-state index contributed by atoms with van der Waals surface area (Å²) in [6, 6.07) is 42.3. The first-order valence-corrected chi connectivity index (χ1v) is 22.6. The molecule has 1 saturated carbocycles. The van der Waals surface area contributed by atoms with Crippen LogP contribution in [0, 0.1) is 17.8 Å². The Labute approximate surface area is 290 Å². The quantitative estimate of drug-likeness (QED) is 0.132. The monoisotopic (exact) mass is 700 g/mol. The van der Waals surface area contributed by atoms with Gasteiger partial charge in [-0.2, -0.15) is 8.42 Å². The molecule has 0 radical (unpaired) electrons. The molecular weight excluding hydrogens is 649 g/mol. The van der Waals surface area contributed by atoms with E-state index in [2.05, 4.69) is 139 Å². The lowest BCUT2D eigenvalue weighted by molar-refractivity contribution is 0.134. The predicted molar refractivity (Wildman–Crippen MR) is 203 cm³/mol. The van der Waals surface area contributed by atoms with Crippen molar-refractivity contribution in [3.63, 3.8) is 0 Å². The van der Waals surface area contributed by atoms with E-state index in [0.29, 0.717) is 19.6 Å². The second-order valence-corrected chi connectivity index (χ2v) is 25.6. The van der Waals surface area contributed by atoms with E-state index in [1.807, 2.05) is 24.3 Å². The van der Waals surface area contributed by atoms with Crippen LogP contribution in [0.15, 0.2) is 121 Å². The largest absolute Gasteiger partial charge is 0.407 e. The summed E-state index contributed by atoms with van der Waals surface area (Å²) in [6.45, 7) is 14.5. The molecule has 5 nitrogen and oxygen atoms in total. The maximum atomic E-state index is 12.4. The molecule has 0 spiro atoms. The van der Waals surface area contributed by atoms with E-state index < -0.39 is 26.8 Å². The van der Waals surface area contributed by atoms with Crippen LogP contribution >= 0.6 is 0 Å². The van der Waals surface area contributed by atoms with E-state index in [1.165, 1.54) is 20.7 Å². The van der Waals surface area contributed by atoms with Crippen molar-refractivity contribution < 1.29 is 21.8 Å². The number of benzene rings is 4. The Hall–Kier alpha value is -2.86. The topological polar surface area (TPSA) is 72.8 Å². The van der Waals surface area contributed by atoms with Crippen molar-refractivity contribution in [2.45, 2.75) is 64.5 Å². The number of hydrogen-bond donors (Lipinski definition) is 1. The van der Waals surface area contributed by atoms with E-state index in [1.54, 1.807) is 0 Å². The van der Waals surface area contributed by atoms with Crippen LogP contribution in [0.1, 0.15) is 54.4 Å². The van der Waals surface area contributed by atoms with Crippen molar-refractivity contribution in [3.8, 4) is 0 Å². The van der Waals surface area contributed by atoms with Crippen LogP contribution in [0.5, 0.6) is 0 Å². The van der Waals surface area contributed by atoms with Crippen molar-refractivity contribution in [1.82, 2.24) is 0 Å². The molecule has 1 aliphatic carbocycles. The number of rotatable bonds is 12. The minimum atomic E-state index is -4.18. The SMILES string of the molecule is CC(C)(C)[Si](OC[C@H]1CC[C@H](CS(=O)(=O)O)[C@H]1CO[Si](c1ccccc1)(c1ccccc1)C(C)(C)C)(c1ccccc1)c1ccccc1. The summed E-state index contributed by atoms with van der Waals surface area (Å²) >= 11 is 0. The molecule has 4 aromatic rings. The first-order chi connectivity index (χ1) is 22.7. The van der Waals surface area contributed by atoms with Gasteiger partial charge in [0.15, 0.2) is 0 Å². The molecule has 1 N–H and O–H groups in total. The van der Waals surface area contributed by atoms with Gasteiger partial charge in [0.25, 0.3) is 26.8 Å². The highest BCUT2D eigenvalue weighted by Gasteiger charge is 2.53. The molecule has 0 aromatic heterocycles. The van der Waals surface area contributed by atoms with Crippen LogP contribution in [0.3, 0.4) is 0 Å². The van der Waals surface area contributed by atoms with E-state index in [4.69, 9.17) is 8.85 Å². The molecule has 0 unspecified atom stereocenters. The van der Waals surface area contributed by atoms with Crippen molar-refractivity contribution in [2.24, 2.45) is 17.8 Å². The third kappa shape index (κ3) is 7.49. The van der Waals surface area contributed by atoms with Crippen molar-refractivity contribution in [2.75, 3.05) is 19.0 Å². The highest BCUT2D eigenvalue weighted by molar-refractivity contribution is 7.85. The zero-order chi connectivity index (χ0) is 34.6. The summed E-state index contributed by atoms with van der Waals surface area (Å²) in [4.78, 5) is 0. The Morgan fingerprint density at radius 2 is 0.875 bits per heavy atom. The molecule has 1 aliphatic rings. The third-order valence-corrected chi connectivity index (χ3v) is 21.2. The Kier molecular flexibility index (Phi) is 11.0. The fourth-order valence-electron chi connectivity index (χ4n) is 8.17. The lowest BCUT2D eigenvalue weighted by Crippen LogP contribution is -2.67. The van der Waals surface area contributed by atoms with E-state index in [0.717, 1.165) is 6.42 Å². The molecule has 0 heterocycles. The molecule has 3 atom stereocenters. The molecule has 0 aliphatic heterocycles. The van der Waals surface area contributed by atoms with Gasteiger partial charge in [0.1, 0.15) is 0 Å². The summed E-state index contributed by atoms with van der Waals surface area (Å²) in [5.74, 6) is -0.535. The predicted octanol–water partition coefficient (Wildman–Crippen LogP) is 6.67. The van der Waals surface area contributed by atoms with Crippen molar-refractivity contribution in [1.29, 1.82) is 0 Å². The maximum Gasteiger partial charge on any atom is 0.265 e. The fourth-order valence-corrected chi connectivity index (χ4v) is 18.3. The van der Waals surface area contributed by atoms with Gasteiger partial charge < -0.3 is 8.85 Å². The summed E-state index contributed by atoms with van der Waals surface area (Å²) in [7, 11) is -9.86. The second-order valence-electron chi connectivity index (χ2n) is 15.5. The molecule has 0 saturated heterocycles. The maximum absolute atomic E-state index is 12.4. The lowest BCUT2D eigenvalue weighted by Gasteiger charge is -2.45. The lowest BCUT2D eigenvalue weighted by atomic mass is 9.92. The van der Waals surface area contributed by atoms with Gasteiger partial charge in [0.2, 0.25) is 0 Å². The van der Waals surface area contributed by atoms with E-state index in [9.17, 15) is 13.0 Å². The highest BCUT2D eigenvalue weighted by atomic mass is 32.2. The second kappa shape index (κ2) is 14.6. The molecule has 0 amide bonds. The van der Waals surface area contributed by atoms with E-state index >= 15 is 0 Å². The minimum absolute atomic E-state index is 0.0663. The average molecular weight is 701 g/mol. The Morgan fingerprint density at radius 3 is 1.19 bits per heavy atom. The summed E-state index contributed by atoms with van der Waals surface area (Å²) in [5.41, 5.74) is 0. The average Bonchev–Trinajstić information content (AvgIpc) is 3.42. The van der Waals surface area contributed by atoms with Gasteiger partial charge in [-0.3, -0.25) is 4.55 Å². The highest BCUT2D eigenvalue weighted by Crippen LogP contribution is 2.44. The molecule has 0 bridgehead atoms. The van der Waals surface area contributed by atoms with Crippen LogP contribution in [0.2, 0.25) is 10.1 Å². The van der Waals surface area contributed by atoms with Crippen LogP contribution in [-0.4, -0.2) is 48.6 Å². The van der Waals surface area contributed by atoms with Gasteiger partial charge in [0, 0.05) is 13.2 Å². The number of hydrogen-bond acceptors (Lipinski definition) is 4. The molecule has 5 rings (SSSR count). The fraction of sp³-hybridized carbons (Fsp3) is 0.400. The summed E-state index contributed by atoms with van der Waals surface area (Å²) < 4.78 is 49.6. The normalized spacial score (nSPS) is 19.4. The molecule has 4 aromatic carbocycles. The third-order valence-electron chi connectivity index (χ3n) is 10.4. The van der Waals surface area contributed by atoms with Crippen molar-refractivity contribution >= 4 is 47.5 Å². The smallest absolute Gasteiger partial charge is 0.265 e. The van der Waals surface area contributed by atoms with Gasteiger partial charge >= 0.3 is 0 Å². The zero-order valence-corrected chi connectivity index (χ0v) is 32.1. The first-order valence-electron chi connectivity index (χ1n) is 17.1. The Balaban J connectivity index is 1.55. The van der Waals surface area contributed by atoms with E-state index in [-0.39, 0.29) is 33.6 Å². The zero-order valence-electron chi connectivity index (χ0n) is 29.3. The van der Waals surface area contributed by atoms with Gasteiger partial charge in [0.05, 0.1) is 5.75 Å². The van der Waals surface area contributed by atoms with Crippen LogP contribution in [-0.2, 0) is 19.0 Å². The molecule has 8 heteroatoms. The first kappa shape index (κ1) is 36.4. The Morgan fingerprint density at radius 1 is 0.562 bits per heavy atom. The van der Waals surface area contributed by atoms with Gasteiger partial charge in [-0.1, -0.05) is 163 Å². The molecule has 256 valence electrons. The molecule has 48 heavy (non-hydrogen) atoms. The standard InChI is InChI=1S/C40H52O5SSi2/c1-39(2,3)47(34-19-11-7-12-20-34,35-21-13-8-14-22-35)44-29-32-27-28-33(31-46(41,42)43)38(32)30-45-48(40(4,5)6,36-23-15-9-16-24-36)37-25-17-10-18-26-37/h7-26,32-33,38H,27-31H2,1-6H3,(H,41,42,43)/t32-,33-,38+/m1/s1. The molecule has 1 fully saturated rings. The van der Waals surface area contributed by atoms with Crippen molar-refractivity contribution in [3.05, 3.63) is 121 Å². The van der Waals surface area contributed by atoms with Crippen LogP contribution in [0.4, 0.5) is 0 Å². The van der Waals surface area contributed by atoms with Gasteiger partial charge in [-0.05, 0) is 61.4 Å². The van der Waals surface area contributed by atoms with Gasteiger partial charge in [-0.15, -0.1) is 0 Å². The summed E-state index contributed by atoms with van der Waals surface area (Å²) in [5, 5.41) is 4.42. The minimum Gasteiger partial charge on any atom is -0.407 e. The van der Waals surface area contributed by atoms with Crippen LogP contribution < -0.4 is 20.7 Å². The van der Waals surface area contributed by atoms with Gasteiger partial charge in [-0.25, -0.2) is 0 Å².